The molecule has 0 saturated heterocycles. The molecule has 4 nitrogen and oxygen atoms in total. The molecular formula is C10H11N3O. The molecule has 0 aliphatic rings. The van der Waals surface area contributed by atoms with Crippen molar-refractivity contribution < 1.29 is 4.42 Å². The maximum absolute atomic E-state index is 5.47. The molecule has 0 radical (unpaired) electrons. The van der Waals surface area contributed by atoms with Gasteiger partial charge >= 0.3 is 0 Å². The number of oxazole rings is 1. The summed E-state index contributed by atoms with van der Waals surface area (Å²) in [4.78, 5) is 8.28. The third-order valence-electron chi connectivity index (χ3n) is 1.79. The number of hydrogen-bond acceptors (Lipinski definition) is 4. The molecule has 0 aliphatic carbocycles. The van der Waals surface area contributed by atoms with E-state index in [1.54, 1.807) is 12.4 Å². The molecule has 2 aromatic heterocycles. The fourth-order valence-electron chi connectivity index (χ4n) is 1.17. The summed E-state index contributed by atoms with van der Waals surface area (Å²) in [5, 5.41) is 2.99. The van der Waals surface area contributed by atoms with E-state index in [1.165, 1.54) is 0 Å². The predicted molar refractivity (Wildman–Crippen MR) is 52.5 cm³/mol. The van der Waals surface area contributed by atoms with Crippen LogP contribution in [0.5, 0.6) is 0 Å². The molecule has 2 heterocycles. The van der Waals surface area contributed by atoms with Gasteiger partial charge in [0.2, 0.25) is 5.89 Å². The number of pyridine rings is 1. The van der Waals surface area contributed by atoms with Gasteiger partial charge in [0.1, 0.15) is 11.5 Å². The first-order valence-corrected chi connectivity index (χ1v) is 4.41. The van der Waals surface area contributed by atoms with E-state index in [0.29, 0.717) is 12.4 Å². The van der Waals surface area contributed by atoms with Crippen LogP contribution in [0.4, 0.5) is 0 Å². The third-order valence-corrected chi connectivity index (χ3v) is 1.79. The largest absolute Gasteiger partial charge is 0.439 e. The highest BCUT2D eigenvalue weighted by atomic mass is 16.4. The standard InChI is InChI=1S/C10H11N3O/c1-11-6-8-7-13-10(14-8)9-4-2-3-5-12-9/h2-5,7,11H,6H2,1H3. The lowest BCUT2D eigenvalue weighted by molar-refractivity contribution is 0.502. The van der Waals surface area contributed by atoms with Crippen LogP contribution >= 0.6 is 0 Å². The van der Waals surface area contributed by atoms with Crippen molar-refractivity contribution in [2.75, 3.05) is 7.05 Å². The van der Waals surface area contributed by atoms with Gasteiger partial charge in [0.15, 0.2) is 0 Å². The van der Waals surface area contributed by atoms with E-state index in [1.807, 2.05) is 25.2 Å². The smallest absolute Gasteiger partial charge is 0.245 e. The van der Waals surface area contributed by atoms with Crippen molar-refractivity contribution in [2.45, 2.75) is 6.54 Å². The monoisotopic (exact) mass is 189 g/mol. The molecule has 72 valence electrons. The summed E-state index contributed by atoms with van der Waals surface area (Å²) in [6.07, 6.45) is 3.43. The molecule has 2 rings (SSSR count). The van der Waals surface area contributed by atoms with Crippen LogP contribution in [0.1, 0.15) is 5.76 Å². The Kier molecular flexibility index (Phi) is 2.55. The van der Waals surface area contributed by atoms with Crippen LogP contribution in [0.3, 0.4) is 0 Å². The van der Waals surface area contributed by atoms with Gasteiger partial charge in [-0.15, -0.1) is 0 Å². The summed E-state index contributed by atoms with van der Waals surface area (Å²) in [5.41, 5.74) is 0.759. The first-order valence-electron chi connectivity index (χ1n) is 4.41. The summed E-state index contributed by atoms with van der Waals surface area (Å²) in [5.74, 6) is 1.38. The zero-order valence-corrected chi connectivity index (χ0v) is 7.90. The van der Waals surface area contributed by atoms with Crippen molar-refractivity contribution in [3.05, 3.63) is 36.4 Å². The molecule has 0 aliphatic heterocycles. The highest BCUT2D eigenvalue weighted by Gasteiger charge is 2.05. The van der Waals surface area contributed by atoms with E-state index in [9.17, 15) is 0 Å². The molecule has 0 saturated carbocycles. The van der Waals surface area contributed by atoms with E-state index in [-0.39, 0.29) is 0 Å². The van der Waals surface area contributed by atoms with Crippen LogP contribution in [-0.2, 0) is 6.54 Å². The lowest BCUT2D eigenvalue weighted by atomic mass is 10.3. The van der Waals surface area contributed by atoms with Gasteiger partial charge in [-0.05, 0) is 19.2 Å². The SMILES string of the molecule is CNCc1cnc(-c2ccccn2)o1. The van der Waals surface area contributed by atoms with E-state index < -0.39 is 0 Å². The molecule has 1 N–H and O–H groups in total. The Balaban J connectivity index is 2.25. The number of nitrogens with one attached hydrogen (secondary N) is 1. The van der Waals surface area contributed by atoms with Crippen LogP contribution in [0, 0.1) is 0 Å². The van der Waals surface area contributed by atoms with Gasteiger partial charge in [-0.1, -0.05) is 6.07 Å². The van der Waals surface area contributed by atoms with Crippen molar-refractivity contribution >= 4 is 0 Å². The summed E-state index contributed by atoms with van der Waals surface area (Å²) < 4.78 is 5.47. The Morgan fingerprint density at radius 3 is 3.00 bits per heavy atom. The minimum Gasteiger partial charge on any atom is -0.439 e. The number of aromatic nitrogens is 2. The van der Waals surface area contributed by atoms with Crippen LogP contribution < -0.4 is 5.32 Å². The van der Waals surface area contributed by atoms with E-state index in [0.717, 1.165) is 11.5 Å². The first kappa shape index (κ1) is 8.90. The summed E-state index contributed by atoms with van der Waals surface area (Å²) in [6, 6.07) is 5.64. The first-order chi connectivity index (χ1) is 6.90. The maximum Gasteiger partial charge on any atom is 0.245 e. The average molecular weight is 189 g/mol. The van der Waals surface area contributed by atoms with Gasteiger partial charge in [-0.2, -0.15) is 0 Å². The van der Waals surface area contributed by atoms with Crippen LogP contribution in [-0.4, -0.2) is 17.0 Å². The second-order valence-electron chi connectivity index (χ2n) is 2.88. The predicted octanol–water partition coefficient (Wildman–Crippen LogP) is 1.46. The Bertz CT molecular complexity index is 397. The fraction of sp³-hybridized carbons (Fsp3) is 0.200. The van der Waals surface area contributed by atoms with Crippen molar-refractivity contribution in [3.8, 4) is 11.6 Å². The molecule has 14 heavy (non-hydrogen) atoms. The van der Waals surface area contributed by atoms with Crippen molar-refractivity contribution in [2.24, 2.45) is 0 Å². The Hall–Kier alpha value is -1.68. The van der Waals surface area contributed by atoms with Crippen molar-refractivity contribution in [3.63, 3.8) is 0 Å². The molecule has 0 amide bonds. The minimum atomic E-state index is 0.566. The topological polar surface area (TPSA) is 51.0 Å². The van der Waals surface area contributed by atoms with Crippen LogP contribution in [0.15, 0.2) is 35.0 Å². The van der Waals surface area contributed by atoms with Gasteiger partial charge in [-0.3, -0.25) is 4.98 Å². The minimum absolute atomic E-state index is 0.566. The summed E-state index contributed by atoms with van der Waals surface area (Å²) in [6.45, 7) is 0.680. The van der Waals surface area contributed by atoms with Gasteiger partial charge in [0.05, 0.1) is 12.7 Å². The quantitative estimate of drug-likeness (QED) is 0.794. The molecule has 0 atom stereocenters. The van der Waals surface area contributed by atoms with E-state index >= 15 is 0 Å². The van der Waals surface area contributed by atoms with Crippen LogP contribution in [0.25, 0.3) is 11.6 Å². The summed E-state index contributed by atoms with van der Waals surface area (Å²) in [7, 11) is 1.86. The molecule has 4 heteroatoms. The number of nitrogens with zero attached hydrogens (tertiary/aromatic N) is 2. The molecule has 0 bridgehead atoms. The Labute approximate surface area is 82.0 Å². The van der Waals surface area contributed by atoms with Gasteiger partial charge < -0.3 is 9.73 Å². The van der Waals surface area contributed by atoms with E-state index in [4.69, 9.17) is 4.42 Å². The molecule has 0 aromatic carbocycles. The van der Waals surface area contributed by atoms with Crippen molar-refractivity contribution in [1.82, 2.24) is 15.3 Å². The van der Waals surface area contributed by atoms with E-state index in [2.05, 4.69) is 15.3 Å². The molecule has 0 unspecified atom stereocenters. The van der Waals surface area contributed by atoms with Gasteiger partial charge in [0.25, 0.3) is 0 Å². The molecular weight excluding hydrogens is 178 g/mol. The molecule has 0 spiro atoms. The number of rotatable bonds is 3. The van der Waals surface area contributed by atoms with Gasteiger partial charge in [0, 0.05) is 6.20 Å². The Morgan fingerprint density at radius 1 is 1.36 bits per heavy atom. The highest BCUT2D eigenvalue weighted by molar-refractivity contribution is 5.45. The van der Waals surface area contributed by atoms with Crippen LogP contribution in [0.2, 0.25) is 0 Å². The normalized spacial score (nSPS) is 10.4. The second-order valence-corrected chi connectivity index (χ2v) is 2.88. The lowest BCUT2D eigenvalue weighted by Crippen LogP contribution is -2.03. The zero-order chi connectivity index (χ0) is 9.80. The number of hydrogen-bond donors (Lipinski definition) is 1. The van der Waals surface area contributed by atoms with Gasteiger partial charge in [-0.25, -0.2) is 4.98 Å². The molecule has 0 fully saturated rings. The lowest BCUT2D eigenvalue weighted by Gasteiger charge is -1.93. The maximum atomic E-state index is 5.47. The third kappa shape index (κ3) is 1.80. The fourth-order valence-corrected chi connectivity index (χ4v) is 1.17. The second kappa shape index (κ2) is 4.02. The Morgan fingerprint density at radius 2 is 2.29 bits per heavy atom. The molecule has 2 aromatic rings. The summed E-state index contributed by atoms with van der Waals surface area (Å²) >= 11 is 0. The highest BCUT2D eigenvalue weighted by Crippen LogP contribution is 2.15. The zero-order valence-electron chi connectivity index (χ0n) is 7.90. The van der Waals surface area contributed by atoms with Crippen molar-refractivity contribution in [1.29, 1.82) is 0 Å². The average Bonchev–Trinajstić information content (AvgIpc) is 2.68.